The zero-order chi connectivity index (χ0) is 11.4. The first-order chi connectivity index (χ1) is 7.83. The molecule has 0 amide bonds. The summed E-state index contributed by atoms with van der Waals surface area (Å²) >= 11 is 0. The van der Waals surface area contributed by atoms with E-state index in [1.807, 2.05) is 30.3 Å². The molecule has 0 fully saturated rings. The topological polar surface area (TPSA) is 37.3 Å². The summed E-state index contributed by atoms with van der Waals surface area (Å²) in [6.45, 7) is 0.194. The van der Waals surface area contributed by atoms with Crippen LogP contribution in [0.1, 0.15) is 31.2 Å². The van der Waals surface area contributed by atoms with Crippen molar-refractivity contribution in [3.05, 3.63) is 41.5 Å². The Labute approximate surface area is 95.6 Å². The average molecular weight is 216 g/mol. The Bertz CT molecular complexity index is 404. The van der Waals surface area contributed by atoms with Crippen LogP contribution in [0.15, 0.2) is 35.9 Å². The Kier molecular flexibility index (Phi) is 3.52. The second kappa shape index (κ2) is 5.08. The van der Waals surface area contributed by atoms with E-state index < -0.39 is 0 Å². The number of Topliss-reactive ketones (excluding diaryl/α,β-unsaturated/α-hetero) is 1. The maximum Gasteiger partial charge on any atom is 0.163 e. The van der Waals surface area contributed by atoms with E-state index in [0.29, 0.717) is 6.42 Å². The van der Waals surface area contributed by atoms with Crippen molar-refractivity contribution in [2.45, 2.75) is 25.7 Å². The number of carbonyl (C=O) groups is 1. The first kappa shape index (κ1) is 11.1. The van der Waals surface area contributed by atoms with Crippen LogP contribution in [0.25, 0.3) is 5.57 Å². The fraction of sp³-hybridized carbons (Fsp3) is 0.357. The molecular formula is C14H16O2. The molecule has 0 bridgehead atoms. The standard InChI is InChI=1S/C14H16O2/c15-10-4-7-12-8-9-13(16)14(12)11-5-2-1-3-6-11/h1-3,5-6,15H,4,7-10H2. The molecule has 0 heterocycles. The fourth-order valence-electron chi connectivity index (χ4n) is 2.22. The number of allylic oxidation sites excluding steroid dienone is 2. The van der Waals surface area contributed by atoms with Crippen molar-refractivity contribution in [1.82, 2.24) is 0 Å². The molecule has 0 unspecified atom stereocenters. The fourth-order valence-corrected chi connectivity index (χ4v) is 2.22. The molecule has 1 aromatic rings. The predicted octanol–water partition coefficient (Wildman–Crippen LogP) is 2.58. The first-order valence-electron chi connectivity index (χ1n) is 5.74. The molecule has 0 aliphatic heterocycles. The number of aliphatic hydroxyl groups excluding tert-OH is 1. The quantitative estimate of drug-likeness (QED) is 0.839. The summed E-state index contributed by atoms with van der Waals surface area (Å²) < 4.78 is 0. The van der Waals surface area contributed by atoms with Gasteiger partial charge in [0.15, 0.2) is 5.78 Å². The predicted molar refractivity (Wildman–Crippen MR) is 63.9 cm³/mol. The lowest BCUT2D eigenvalue weighted by Crippen LogP contribution is -1.96. The summed E-state index contributed by atoms with van der Waals surface area (Å²) in [6, 6.07) is 9.83. The van der Waals surface area contributed by atoms with Crippen LogP contribution in [-0.2, 0) is 4.79 Å². The van der Waals surface area contributed by atoms with Crippen LogP contribution in [0.3, 0.4) is 0 Å². The minimum atomic E-state index is 0.194. The zero-order valence-electron chi connectivity index (χ0n) is 9.28. The third kappa shape index (κ3) is 2.22. The van der Waals surface area contributed by atoms with Gasteiger partial charge in [-0.05, 0) is 24.8 Å². The van der Waals surface area contributed by atoms with Crippen molar-refractivity contribution in [1.29, 1.82) is 0 Å². The molecule has 1 aliphatic rings. The Balaban J connectivity index is 2.30. The Morgan fingerprint density at radius 3 is 2.56 bits per heavy atom. The van der Waals surface area contributed by atoms with Gasteiger partial charge in [0.2, 0.25) is 0 Å². The third-order valence-electron chi connectivity index (χ3n) is 2.99. The van der Waals surface area contributed by atoms with Gasteiger partial charge < -0.3 is 5.11 Å². The molecule has 0 aromatic heterocycles. The Morgan fingerprint density at radius 2 is 1.88 bits per heavy atom. The molecule has 2 rings (SSSR count). The smallest absolute Gasteiger partial charge is 0.163 e. The number of aliphatic hydroxyl groups is 1. The van der Waals surface area contributed by atoms with Gasteiger partial charge in [0, 0.05) is 18.6 Å². The second-order valence-electron chi connectivity index (χ2n) is 4.09. The molecule has 1 aromatic carbocycles. The van der Waals surface area contributed by atoms with Crippen LogP contribution < -0.4 is 0 Å². The van der Waals surface area contributed by atoms with Gasteiger partial charge in [-0.15, -0.1) is 0 Å². The van der Waals surface area contributed by atoms with E-state index in [0.717, 1.165) is 30.4 Å². The Morgan fingerprint density at radius 1 is 1.12 bits per heavy atom. The number of ketones is 1. The SMILES string of the molecule is O=C1CCC(CCCO)=C1c1ccccc1. The highest BCUT2D eigenvalue weighted by Gasteiger charge is 2.23. The van der Waals surface area contributed by atoms with Crippen LogP contribution in [-0.4, -0.2) is 17.5 Å². The molecule has 2 heteroatoms. The van der Waals surface area contributed by atoms with E-state index in [1.165, 1.54) is 5.57 Å². The normalized spacial score (nSPS) is 15.9. The maximum atomic E-state index is 11.8. The molecule has 0 radical (unpaired) electrons. The summed E-state index contributed by atoms with van der Waals surface area (Å²) in [5, 5.41) is 8.84. The average Bonchev–Trinajstić information content (AvgIpc) is 2.69. The first-order valence-corrected chi connectivity index (χ1v) is 5.74. The Hall–Kier alpha value is -1.41. The second-order valence-corrected chi connectivity index (χ2v) is 4.09. The van der Waals surface area contributed by atoms with Gasteiger partial charge in [-0.25, -0.2) is 0 Å². The third-order valence-corrected chi connectivity index (χ3v) is 2.99. The molecule has 16 heavy (non-hydrogen) atoms. The number of rotatable bonds is 4. The van der Waals surface area contributed by atoms with Crippen molar-refractivity contribution in [3.8, 4) is 0 Å². The van der Waals surface area contributed by atoms with E-state index in [2.05, 4.69) is 0 Å². The highest BCUT2D eigenvalue weighted by Crippen LogP contribution is 2.33. The maximum absolute atomic E-state index is 11.8. The number of benzene rings is 1. The summed E-state index contributed by atoms with van der Waals surface area (Å²) in [6.07, 6.45) is 3.08. The van der Waals surface area contributed by atoms with Gasteiger partial charge in [0.25, 0.3) is 0 Å². The van der Waals surface area contributed by atoms with E-state index >= 15 is 0 Å². The molecule has 0 spiro atoms. The van der Waals surface area contributed by atoms with E-state index in [1.54, 1.807) is 0 Å². The number of hydrogen-bond donors (Lipinski definition) is 1. The monoisotopic (exact) mass is 216 g/mol. The van der Waals surface area contributed by atoms with Gasteiger partial charge in [-0.2, -0.15) is 0 Å². The van der Waals surface area contributed by atoms with Gasteiger partial charge in [-0.3, -0.25) is 4.79 Å². The van der Waals surface area contributed by atoms with E-state index in [9.17, 15) is 4.79 Å². The van der Waals surface area contributed by atoms with Gasteiger partial charge >= 0.3 is 0 Å². The largest absolute Gasteiger partial charge is 0.396 e. The van der Waals surface area contributed by atoms with Crippen molar-refractivity contribution in [2.24, 2.45) is 0 Å². The van der Waals surface area contributed by atoms with Gasteiger partial charge in [0.05, 0.1) is 0 Å². The van der Waals surface area contributed by atoms with E-state index in [4.69, 9.17) is 5.11 Å². The van der Waals surface area contributed by atoms with Gasteiger partial charge in [0.1, 0.15) is 0 Å². The van der Waals surface area contributed by atoms with Crippen LogP contribution in [0.5, 0.6) is 0 Å². The van der Waals surface area contributed by atoms with Crippen LogP contribution in [0.2, 0.25) is 0 Å². The molecule has 0 saturated carbocycles. The molecule has 1 N–H and O–H groups in total. The highest BCUT2D eigenvalue weighted by molar-refractivity contribution is 6.23. The molecule has 1 aliphatic carbocycles. The minimum Gasteiger partial charge on any atom is -0.396 e. The van der Waals surface area contributed by atoms with Crippen molar-refractivity contribution >= 4 is 11.4 Å². The summed E-state index contributed by atoms with van der Waals surface area (Å²) in [7, 11) is 0. The zero-order valence-corrected chi connectivity index (χ0v) is 9.28. The number of carbonyl (C=O) groups excluding carboxylic acids is 1. The lowest BCUT2D eigenvalue weighted by molar-refractivity contribution is -0.113. The van der Waals surface area contributed by atoms with Crippen LogP contribution in [0, 0.1) is 0 Å². The molecule has 2 nitrogen and oxygen atoms in total. The van der Waals surface area contributed by atoms with Crippen molar-refractivity contribution < 1.29 is 9.90 Å². The van der Waals surface area contributed by atoms with Crippen LogP contribution in [0.4, 0.5) is 0 Å². The number of hydrogen-bond acceptors (Lipinski definition) is 2. The van der Waals surface area contributed by atoms with Crippen LogP contribution >= 0.6 is 0 Å². The summed E-state index contributed by atoms with van der Waals surface area (Å²) in [4.78, 5) is 11.8. The molecule has 0 saturated heterocycles. The van der Waals surface area contributed by atoms with Gasteiger partial charge in [-0.1, -0.05) is 35.9 Å². The van der Waals surface area contributed by atoms with E-state index in [-0.39, 0.29) is 12.4 Å². The summed E-state index contributed by atoms with van der Waals surface area (Å²) in [5.41, 5.74) is 3.14. The molecule has 84 valence electrons. The van der Waals surface area contributed by atoms with Crippen molar-refractivity contribution in [2.75, 3.05) is 6.61 Å². The van der Waals surface area contributed by atoms with Crippen molar-refractivity contribution in [3.63, 3.8) is 0 Å². The lowest BCUT2D eigenvalue weighted by atomic mass is 9.99. The summed E-state index contributed by atoms with van der Waals surface area (Å²) in [5.74, 6) is 0.249. The molecular weight excluding hydrogens is 200 g/mol. The lowest BCUT2D eigenvalue weighted by Gasteiger charge is -2.05. The highest BCUT2D eigenvalue weighted by atomic mass is 16.2. The molecule has 0 atom stereocenters. The minimum absolute atomic E-state index is 0.194.